The van der Waals surface area contributed by atoms with Crippen molar-refractivity contribution in [2.75, 3.05) is 5.32 Å². The lowest BCUT2D eigenvalue weighted by Crippen LogP contribution is -2.23. The molecular formula is C27H22BClN6O2S. The molecule has 0 aliphatic rings. The molecule has 5 rings (SSSR count). The van der Waals surface area contributed by atoms with Gasteiger partial charge in [0, 0.05) is 35.9 Å². The monoisotopic (exact) mass is 540 g/mol. The molecule has 2 N–H and O–H groups in total. The van der Waals surface area contributed by atoms with Gasteiger partial charge in [0.25, 0.3) is 0 Å². The first-order valence-electron chi connectivity index (χ1n) is 11.8. The zero-order valence-corrected chi connectivity index (χ0v) is 22.0. The van der Waals surface area contributed by atoms with E-state index in [0.29, 0.717) is 11.6 Å². The minimum Gasteiger partial charge on any atom is -0.366 e. The van der Waals surface area contributed by atoms with Crippen LogP contribution < -0.4 is 15.5 Å². The van der Waals surface area contributed by atoms with Gasteiger partial charge in [0.05, 0.1) is 22.2 Å². The second-order valence-corrected chi connectivity index (χ2v) is 10.9. The fourth-order valence-electron chi connectivity index (χ4n) is 4.04. The molecule has 38 heavy (non-hydrogen) atoms. The lowest BCUT2D eigenvalue weighted by Gasteiger charge is -2.13. The van der Waals surface area contributed by atoms with Gasteiger partial charge in [-0.3, -0.25) is 0 Å². The fraction of sp³-hybridized carbons (Fsp3) is 0.0741. The van der Waals surface area contributed by atoms with Crippen molar-refractivity contribution in [2.24, 2.45) is 0 Å². The summed E-state index contributed by atoms with van der Waals surface area (Å²) in [6.45, 7) is 0.590. The van der Waals surface area contributed by atoms with Crippen LogP contribution in [0.25, 0.3) is 16.9 Å². The van der Waals surface area contributed by atoms with E-state index in [1.54, 1.807) is 22.8 Å². The lowest BCUT2D eigenvalue weighted by molar-refractivity contribution is 0.581. The number of benzene rings is 3. The third kappa shape index (κ3) is 5.40. The molecule has 0 aliphatic carbocycles. The van der Waals surface area contributed by atoms with Gasteiger partial charge in [-0.1, -0.05) is 60.1 Å². The molecule has 0 amide bonds. The number of fused-ring (bicyclic) bond motifs is 1. The van der Waals surface area contributed by atoms with Crippen LogP contribution in [0.4, 0.5) is 5.82 Å². The van der Waals surface area contributed by atoms with Gasteiger partial charge in [-0.15, -0.1) is 0 Å². The van der Waals surface area contributed by atoms with Crippen molar-refractivity contribution >= 4 is 46.4 Å². The number of halogens is 1. The Morgan fingerprint density at radius 2 is 1.74 bits per heavy atom. The normalized spacial score (nSPS) is 11.4. The molecule has 0 saturated heterocycles. The molecule has 0 unspecified atom stereocenters. The van der Waals surface area contributed by atoms with Crippen molar-refractivity contribution in [2.45, 2.75) is 18.0 Å². The van der Waals surface area contributed by atoms with Crippen LogP contribution in [0, 0.1) is 11.3 Å². The van der Waals surface area contributed by atoms with E-state index < -0.39 is 10.0 Å². The molecule has 0 radical (unpaired) electrons. The van der Waals surface area contributed by atoms with Crippen LogP contribution in [0.2, 0.25) is 5.02 Å². The largest absolute Gasteiger partial charge is 0.366 e. The summed E-state index contributed by atoms with van der Waals surface area (Å²) in [5, 5.41) is 17.6. The third-order valence-electron chi connectivity index (χ3n) is 6.00. The smallest absolute Gasteiger partial charge is 0.240 e. The van der Waals surface area contributed by atoms with Crippen molar-refractivity contribution in [1.29, 1.82) is 5.26 Å². The maximum atomic E-state index is 12.7. The Hall–Kier alpha value is -4.17. The number of aromatic nitrogens is 3. The van der Waals surface area contributed by atoms with E-state index in [9.17, 15) is 8.42 Å². The number of rotatable bonds is 8. The molecule has 0 spiro atoms. The number of hydrogen-bond acceptors (Lipinski definition) is 6. The van der Waals surface area contributed by atoms with Gasteiger partial charge in [-0.2, -0.15) is 14.9 Å². The Kier molecular flexibility index (Phi) is 7.16. The third-order valence-corrected chi connectivity index (χ3v) is 7.73. The van der Waals surface area contributed by atoms with Gasteiger partial charge in [-0.05, 0) is 40.9 Å². The van der Waals surface area contributed by atoms with Crippen LogP contribution in [0.15, 0.2) is 90.0 Å². The first kappa shape index (κ1) is 25.5. The molecular weight excluding hydrogens is 519 g/mol. The maximum Gasteiger partial charge on any atom is 0.240 e. The van der Waals surface area contributed by atoms with Gasteiger partial charge >= 0.3 is 0 Å². The predicted octanol–water partition coefficient (Wildman–Crippen LogP) is 3.27. The van der Waals surface area contributed by atoms with E-state index in [-0.39, 0.29) is 17.0 Å². The molecule has 0 atom stereocenters. The summed E-state index contributed by atoms with van der Waals surface area (Å²) in [7, 11) is -1.81. The van der Waals surface area contributed by atoms with Crippen LogP contribution in [0.5, 0.6) is 0 Å². The Morgan fingerprint density at radius 3 is 2.53 bits per heavy atom. The average molecular weight is 541 g/mol. The van der Waals surface area contributed by atoms with Crippen LogP contribution in [0.1, 0.15) is 16.7 Å². The Labute approximate surface area is 226 Å². The number of nitrogens with zero attached hydrogens (tertiary/aromatic N) is 4. The fourth-order valence-corrected chi connectivity index (χ4v) is 5.34. The molecule has 2 aromatic heterocycles. The minimum atomic E-state index is -3.76. The summed E-state index contributed by atoms with van der Waals surface area (Å²) in [5.41, 5.74) is 5.28. The quantitative estimate of drug-likeness (QED) is 0.292. The summed E-state index contributed by atoms with van der Waals surface area (Å²) in [6.07, 6.45) is 1.77. The van der Waals surface area contributed by atoms with Gasteiger partial charge in [-0.25, -0.2) is 18.1 Å². The van der Waals surface area contributed by atoms with E-state index in [2.05, 4.69) is 15.1 Å². The lowest BCUT2D eigenvalue weighted by atomic mass is 10.0. The number of sulfonamides is 1. The van der Waals surface area contributed by atoms with Crippen LogP contribution in [-0.2, 0) is 23.1 Å². The maximum absolute atomic E-state index is 12.7. The second-order valence-electron chi connectivity index (χ2n) is 8.71. The predicted molar refractivity (Wildman–Crippen MR) is 151 cm³/mol. The Bertz CT molecular complexity index is 1800. The zero-order valence-electron chi connectivity index (χ0n) is 20.4. The number of nitriles is 1. The zero-order chi connectivity index (χ0) is 26.7. The standard InChI is InChI=1S/C27H22BClN6O2S/c28-23-17-32-35-26(13-25(34-27(23)35)22-9-1-2-10-24(22)29)31-15-19-6-3-7-20(11-19)16-33-38(36,37)21-8-4-5-18(12-21)14-30/h1-13,17,31,33H,15-16,28H2. The van der Waals surface area contributed by atoms with Gasteiger partial charge in [0.2, 0.25) is 10.0 Å². The van der Waals surface area contributed by atoms with E-state index in [1.807, 2.05) is 68.5 Å². The number of anilines is 1. The highest BCUT2D eigenvalue weighted by Gasteiger charge is 2.15. The summed E-state index contributed by atoms with van der Waals surface area (Å²) < 4.78 is 29.8. The van der Waals surface area contributed by atoms with Crippen molar-refractivity contribution in [3.63, 3.8) is 0 Å². The molecule has 0 saturated carbocycles. The Morgan fingerprint density at radius 1 is 0.974 bits per heavy atom. The second kappa shape index (κ2) is 10.7. The SMILES string of the molecule is Bc1cnn2c(NCc3cccc(CNS(=O)(=O)c4cccc(C#N)c4)c3)cc(-c3ccccc3Cl)nc12. The van der Waals surface area contributed by atoms with E-state index in [4.69, 9.17) is 21.8 Å². The van der Waals surface area contributed by atoms with E-state index in [0.717, 1.165) is 39.3 Å². The van der Waals surface area contributed by atoms with Crippen molar-refractivity contribution in [3.05, 3.63) is 107 Å². The first-order chi connectivity index (χ1) is 18.3. The molecule has 2 heterocycles. The van der Waals surface area contributed by atoms with Gasteiger partial charge in [0.1, 0.15) is 13.7 Å². The van der Waals surface area contributed by atoms with Gasteiger partial charge in [0.15, 0.2) is 5.65 Å². The number of hydrogen-bond donors (Lipinski definition) is 2. The van der Waals surface area contributed by atoms with Crippen LogP contribution in [0.3, 0.4) is 0 Å². The van der Waals surface area contributed by atoms with Crippen molar-refractivity contribution in [1.82, 2.24) is 19.3 Å². The molecule has 3 aromatic carbocycles. The summed E-state index contributed by atoms with van der Waals surface area (Å²) >= 11 is 6.44. The van der Waals surface area contributed by atoms with Crippen molar-refractivity contribution in [3.8, 4) is 17.3 Å². The van der Waals surface area contributed by atoms with E-state index >= 15 is 0 Å². The molecule has 5 aromatic rings. The van der Waals surface area contributed by atoms with Crippen LogP contribution in [-0.4, -0.2) is 30.9 Å². The van der Waals surface area contributed by atoms with Gasteiger partial charge < -0.3 is 5.32 Å². The highest BCUT2D eigenvalue weighted by atomic mass is 35.5. The molecule has 0 aliphatic heterocycles. The summed E-state index contributed by atoms with van der Waals surface area (Å²) in [4.78, 5) is 4.83. The average Bonchev–Trinajstić information content (AvgIpc) is 3.31. The Balaban J connectivity index is 1.34. The number of nitrogens with one attached hydrogen (secondary N) is 2. The van der Waals surface area contributed by atoms with E-state index in [1.165, 1.54) is 12.1 Å². The highest BCUT2D eigenvalue weighted by Crippen LogP contribution is 2.28. The molecule has 11 heteroatoms. The first-order valence-corrected chi connectivity index (χ1v) is 13.6. The molecule has 8 nitrogen and oxygen atoms in total. The molecule has 188 valence electrons. The highest BCUT2D eigenvalue weighted by molar-refractivity contribution is 7.89. The topological polar surface area (TPSA) is 112 Å². The molecule has 0 bridgehead atoms. The summed E-state index contributed by atoms with van der Waals surface area (Å²) in [5.74, 6) is 0.751. The summed E-state index contributed by atoms with van der Waals surface area (Å²) in [6, 6.07) is 25.0. The minimum absolute atomic E-state index is 0.0555. The van der Waals surface area contributed by atoms with Crippen molar-refractivity contribution < 1.29 is 8.42 Å². The van der Waals surface area contributed by atoms with Crippen LogP contribution >= 0.6 is 11.6 Å². The molecule has 0 fully saturated rings.